The van der Waals surface area contributed by atoms with Gasteiger partial charge in [0, 0.05) is 29.0 Å². The van der Waals surface area contributed by atoms with E-state index in [4.69, 9.17) is 0 Å². The normalized spacial score (nSPS) is 26.0. The van der Waals surface area contributed by atoms with E-state index < -0.39 is 26.8 Å². The summed E-state index contributed by atoms with van der Waals surface area (Å²) in [6.07, 6.45) is 1.18. The third kappa shape index (κ3) is 4.75. The minimum atomic E-state index is -9.72. The van der Waals surface area contributed by atoms with Crippen molar-refractivity contribution in [2.24, 2.45) is 0 Å². The van der Waals surface area contributed by atoms with Gasteiger partial charge in [-0.2, -0.15) is 0 Å². The monoisotopic (exact) mass is 422 g/mol. The predicted octanol–water partition coefficient (Wildman–Crippen LogP) is 6.85. The van der Waals surface area contributed by atoms with Gasteiger partial charge in [-0.15, -0.1) is 0 Å². The van der Waals surface area contributed by atoms with E-state index in [9.17, 15) is 24.5 Å². The number of aliphatic hydroxyl groups is 1. The molecule has 1 saturated carbocycles. The number of aryl methyl sites for hydroxylation is 1. The van der Waals surface area contributed by atoms with Gasteiger partial charge >= 0.3 is 10.2 Å². The molecule has 3 rings (SSSR count). The zero-order valence-corrected chi connectivity index (χ0v) is 16.5. The van der Waals surface area contributed by atoms with Crippen LogP contribution in [-0.2, 0) is 0 Å². The lowest BCUT2D eigenvalue weighted by Gasteiger charge is -2.41. The van der Waals surface area contributed by atoms with Gasteiger partial charge in [-0.3, -0.25) is 4.98 Å². The van der Waals surface area contributed by atoms with Gasteiger partial charge in [-0.05, 0) is 63.4 Å². The molecule has 9 heteroatoms. The fourth-order valence-electron chi connectivity index (χ4n) is 3.55. The number of hydrogen-bond acceptors (Lipinski definition) is 3. The molecule has 3 nitrogen and oxygen atoms in total. The molecule has 0 unspecified atom stereocenters. The number of aromatic nitrogens is 1. The summed E-state index contributed by atoms with van der Waals surface area (Å²) in [5.74, 6) is 0.113. The third-order valence-electron chi connectivity index (χ3n) is 4.95. The first-order valence-electron chi connectivity index (χ1n) is 8.84. The van der Waals surface area contributed by atoms with Gasteiger partial charge in [0.05, 0.1) is 5.60 Å². The van der Waals surface area contributed by atoms with Crippen molar-refractivity contribution in [2.45, 2.75) is 56.1 Å². The Labute approximate surface area is 160 Å². The topological polar surface area (TPSA) is 45.1 Å². The Bertz CT molecular complexity index is 907. The molecule has 1 atom stereocenters. The molecular weight excluding hydrogens is 399 g/mol. The molecule has 2 N–H and O–H groups in total. The van der Waals surface area contributed by atoms with Crippen molar-refractivity contribution in [3.8, 4) is 0 Å². The van der Waals surface area contributed by atoms with Crippen molar-refractivity contribution < 1.29 is 24.5 Å². The van der Waals surface area contributed by atoms with Gasteiger partial charge in [0.15, 0.2) is 0 Å². The Balaban J connectivity index is 1.83. The second-order valence-electron chi connectivity index (χ2n) is 7.93. The maximum atomic E-state index is 13.1. The van der Waals surface area contributed by atoms with Crippen molar-refractivity contribution in [1.82, 2.24) is 4.98 Å². The molecular formula is C19H23F5N2OS. The van der Waals surface area contributed by atoms with E-state index in [1.807, 2.05) is 0 Å². The smallest absolute Gasteiger partial charge is 0.310 e. The number of anilines is 1. The molecule has 2 aromatic rings. The number of rotatable bonds is 5. The third-order valence-corrected chi connectivity index (χ3v) is 6.10. The number of halogens is 5. The van der Waals surface area contributed by atoms with Gasteiger partial charge in [-0.25, -0.2) is 0 Å². The molecule has 1 fully saturated rings. The number of nitrogens with one attached hydrogen (secondary N) is 1. The van der Waals surface area contributed by atoms with Crippen molar-refractivity contribution in [3.05, 3.63) is 53.3 Å². The van der Waals surface area contributed by atoms with Crippen LogP contribution < -0.4 is 5.32 Å². The molecule has 0 bridgehead atoms. The van der Waals surface area contributed by atoms with Gasteiger partial charge in [0.2, 0.25) is 0 Å². The molecule has 1 aliphatic rings. The summed E-state index contributed by atoms with van der Waals surface area (Å²) in [5.41, 5.74) is 1.55. The highest BCUT2D eigenvalue weighted by Crippen LogP contribution is 3.02. The summed E-state index contributed by atoms with van der Waals surface area (Å²) in [5, 5.41) is 13.0. The van der Waals surface area contributed by atoms with Crippen LogP contribution in [0.5, 0.6) is 0 Å². The van der Waals surface area contributed by atoms with Crippen LogP contribution in [0.4, 0.5) is 25.1 Å². The number of benzene rings is 1. The van der Waals surface area contributed by atoms with E-state index in [1.165, 1.54) is 6.07 Å². The molecule has 1 heterocycles. The number of pyridine rings is 1. The molecule has 0 aliphatic heterocycles. The van der Waals surface area contributed by atoms with Crippen LogP contribution in [0.15, 0.2) is 41.3 Å². The highest BCUT2D eigenvalue weighted by atomic mass is 32.5. The largest absolute Gasteiger partial charge is 0.390 e. The molecule has 156 valence electrons. The molecule has 1 aliphatic carbocycles. The van der Waals surface area contributed by atoms with Crippen LogP contribution in [0.3, 0.4) is 0 Å². The van der Waals surface area contributed by atoms with E-state index in [1.54, 1.807) is 32.9 Å². The maximum Gasteiger partial charge on any atom is 0.310 e. The molecule has 28 heavy (non-hydrogen) atoms. The zero-order valence-electron chi connectivity index (χ0n) is 15.7. The van der Waals surface area contributed by atoms with Gasteiger partial charge < -0.3 is 10.4 Å². The minimum absolute atomic E-state index is 0.105. The highest BCUT2D eigenvalue weighted by molar-refractivity contribution is 8.45. The minimum Gasteiger partial charge on any atom is -0.390 e. The van der Waals surface area contributed by atoms with Crippen LogP contribution >= 0.6 is 10.2 Å². The second-order valence-corrected chi connectivity index (χ2v) is 10.3. The quantitative estimate of drug-likeness (QED) is 0.518. The van der Waals surface area contributed by atoms with Gasteiger partial charge in [0.25, 0.3) is 0 Å². The number of nitrogens with zero attached hydrogens (tertiary/aromatic N) is 1. The molecule has 0 radical (unpaired) electrons. The first-order chi connectivity index (χ1) is 12.5. The first-order valence-corrected chi connectivity index (χ1v) is 10.8. The fourth-order valence-corrected chi connectivity index (χ4v) is 4.25. The maximum absolute atomic E-state index is 13.1. The van der Waals surface area contributed by atoms with E-state index >= 15 is 0 Å². The van der Waals surface area contributed by atoms with E-state index in [2.05, 4.69) is 10.3 Å². The summed E-state index contributed by atoms with van der Waals surface area (Å²) < 4.78 is 65.4. The highest BCUT2D eigenvalue weighted by Gasteiger charge is 2.65. The molecule has 0 amide bonds. The molecule has 0 saturated heterocycles. The van der Waals surface area contributed by atoms with Gasteiger partial charge in [0.1, 0.15) is 4.90 Å². The first kappa shape index (κ1) is 20.9. The summed E-state index contributed by atoms with van der Waals surface area (Å²) in [6.45, 7) is 5.16. The summed E-state index contributed by atoms with van der Waals surface area (Å²) in [4.78, 5) is 2.58. The summed E-state index contributed by atoms with van der Waals surface area (Å²) in [6, 6.07) is 6.16. The van der Waals surface area contributed by atoms with Crippen LogP contribution in [0, 0.1) is 6.92 Å². The Hall–Kier alpha value is -1.87. The van der Waals surface area contributed by atoms with Crippen LogP contribution in [0.1, 0.15) is 55.6 Å². The van der Waals surface area contributed by atoms with Crippen LogP contribution in [0.2, 0.25) is 0 Å². The average Bonchev–Trinajstić information content (AvgIpc) is 2.50. The van der Waals surface area contributed by atoms with Crippen LogP contribution in [0.25, 0.3) is 0 Å². The lowest BCUT2D eigenvalue weighted by Crippen LogP contribution is -2.39. The van der Waals surface area contributed by atoms with Crippen molar-refractivity contribution in [2.75, 3.05) is 5.32 Å². The van der Waals surface area contributed by atoms with Gasteiger partial charge in [-0.1, -0.05) is 31.6 Å². The standard InChI is InChI=1S/C19H23F5N2OS/c1-12-7-16(9-18(25-12)15-10-19(3,27)11-15)26-13(2)14-5-4-6-17(8-14)28(20,21,22,23)24/h4-9,13,15,27H,10-11H2,1-3H3,(H,25,26)/t13-,15?,19?/m1/s1. The van der Waals surface area contributed by atoms with E-state index in [0.29, 0.717) is 30.7 Å². The number of hydrogen-bond donors (Lipinski definition) is 2. The summed E-state index contributed by atoms with van der Waals surface area (Å²) >= 11 is 0. The van der Waals surface area contributed by atoms with E-state index in [0.717, 1.165) is 17.5 Å². The Morgan fingerprint density at radius 3 is 2.36 bits per heavy atom. The van der Waals surface area contributed by atoms with Crippen LogP contribution in [-0.4, -0.2) is 15.7 Å². The molecule has 0 spiro atoms. The summed E-state index contributed by atoms with van der Waals surface area (Å²) in [7, 11) is -9.72. The zero-order chi connectivity index (χ0) is 21.0. The molecule has 1 aromatic carbocycles. The van der Waals surface area contributed by atoms with E-state index in [-0.39, 0.29) is 11.5 Å². The predicted molar refractivity (Wildman–Crippen MR) is 101 cm³/mol. The second kappa shape index (κ2) is 5.82. The van der Waals surface area contributed by atoms with Crippen molar-refractivity contribution >= 4 is 15.9 Å². The fraction of sp³-hybridized carbons (Fsp3) is 0.421. The Morgan fingerprint density at radius 2 is 1.79 bits per heavy atom. The lowest BCUT2D eigenvalue weighted by molar-refractivity contribution is -0.0323. The Kier molecular flexibility index (Phi) is 4.34. The average molecular weight is 422 g/mol. The van der Waals surface area contributed by atoms with Crippen molar-refractivity contribution in [3.63, 3.8) is 0 Å². The lowest BCUT2D eigenvalue weighted by atomic mass is 9.70. The van der Waals surface area contributed by atoms with Crippen molar-refractivity contribution in [1.29, 1.82) is 0 Å². The Morgan fingerprint density at radius 1 is 1.14 bits per heavy atom. The molecule has 1 aromatic heterocycles. The SMILES string of the molecule is Cc1cc(N[C@H](C)c2cccc(S(F)(F)(F)(F)F)c2)cc(C2CC(C)(O)C2)n1.